The molecule has 0 aromatic heterocycles. The molecule has 2 aromatic rings. The van der Waals surface area contributed by atoms with E-state index in [1.54, 1.807) is 11.8 Å². The summed E-state index contributed by atoms with van der Waals surface area (Å²) in [7, 11) is 1.82. The van der Waals surface area contributed by atoms with Gasteiger partial charge in [-0.15, -0.1) is 24.0 Å². The molecule has 4 rings (SSSR count). The first kappa shape index (κ1) is 20.5. The summed E-state index contributed by atoms with van der Waals surface area (Å²) in [6, 6.07) is 19.5. The van der Waals surface area contributed by atoms with Crippen molar-refractivity contribution in [3.05, 3.63) is 60.2 Å². The number of fused-ring (bicyclic) bond motifs is 2. The zero-order valence-electron chi connectivity index (χ0n) is 15.4. The maximum Gasteiger partial charge on any atom is 0.191 e. The van der Waals surface area contributed by atoms with Gasteiger partial charge in [-0.3, -0.25) is 4.99 Å². The molecular weight excluding hydrogens is 469 g/mol. The van der Waals surface area contributed by atoms with Gasteiger partial charge in [-0.2, -0.15) is 0 Å². The number of hydrogen-bond acceptors (Lipinski definition) is 3. The van der Waals surface area contributed by atoms with Crippen molar-refractivity contribution in [2.45, 2.75) is 53.8 Å². The zero-order chi connectivity index (χ0) is 17.8. The van der Waals surface area contributed by atoms with E-state index < -0.39 is 0 Å². The van der Waals surface area contributed by atoms with E-state index in [9.17, 15) is 0 Å². The summed E-state index contributed by atoms with van der Waals surface area (Å²) in [5.74, 6) is 0.855. The summed E-state index contributed by atoms with van der Waals surface area (Å²) < 4.78 is 5.91. The van der Waals surface area contributed by atoms with Crippen LogP contribution in [-0.4, -0.2) is 31.3 Å². The number of benzene rings is 2. The minimum Gasteiger partial charge on any atom is -0.373 e. The van der Waals surface area contributed by atoms with E-state index in [1.807, 2.05) is 13.1 Å². The fourth-order valence-electron chi connectivity index (χ4n) is 3.65. The molecule has 3 atom stereocenters. The van der Waals surface area contributed by atoms with Gasteiger partial charge in [-0.1, -0.05) is 42.1 Å². The number of halogens is 1. The van der Waals surface area contributed by atoms with Gasteiger partial charge < -0.3 is 15.4 Å². The third kappa shape index (κ3) is 5.39. The van der Waals surface area contributed by atoms with Crippen LogP contribution in [0.2, 0.25) is 0 Å². The molecule has 2 aliphatic heterocycles. The highest BCUT2D eigenvalue weighted by atomic mass is 127. The fourth-order valence-corrected chi connectivity index (χ4v) is 4.48. The highest BCUT2D eigenvalue weighted by Gasteiger charge is 2.41. The van der Waals surface area contributed by atoms with Gasteiger partial charge in [0.2, 0.25) is 0 Å². The highest BCUT2D eigenvalue weighted by Crippen LogP contribution is 2.34. The summed E-state index contributed by atoms with van der Waals surface area (Å²) in [5, 5.41) is 6.94. The van der Waals surface area contributed by atoms with Crippen LogP contribution >= 0.6 is 35.7 Å². The lowest BCUT2D eigenvalue weighted by atomic mass is 9.96. The first-order valence-electron chi connectivity index (χ1n) is 9.24. The molecule has 0 radical (unpaired) electrons. The van der Waals surface area contributed by atoms with Gasteiger partial charge in [0.1, 0.15) is 0 Å². The topological polar surface area (TPSA) is 45.7 Å². The Balaban J connectivity index is 0.00000210. The van der Waals surface area contributed by atoms with Crippen molar-refractivity contribution in [2.75, 3.05) is 7.05 Å². The Kier molecular flexibility index (Phi) is 7.43. The van der Waals surface area contributed by atoms with Crippen molar-refractivity contribution in [1.29, 1.82) is 0 Å². The van der Waals surface area contributed by atoms with Crippen LogP contribution in [0.15, 0.2) is 69.4 Å². The monoisotopic (exact) mass is 495 g/mol. The van der Waals surface area contributed by atoms with Crippen LogP contribution < -0.4 is 10.6 Å². The Labute approximate surface area is 182 Å². The average molecular weight is 495 g/mol. The van der Waals surface area contributed by atoms with Crippen molar-refractivity contribution in [3.8, 4) is 0 Å². The lowest BCUT2D eigenvalue weighted by molar-refractivity contribution is 0.0992. The number of guanidine groups is 1. The second kappa shape index (κ2) is 9.80. The van der Waals surface area contributed by atoms with E-state index in [-0.39, 0.29) is 24.0 Å². The molecule has 0 amide bonds. The van der Waals surface area contributed by atoms with E-state index >= 15 is 0 Å². The van der Waals surface area contributed by atoms with Gasteiger partial charge in [0.05, 0.1) is 18.2 Å². The second-order valence-corrected chi connectivity index (χ2v) is 7.99. The molecule has 3 unspecified atom stereocenters. The van der Waals surface area contributed by atoms with Crippen LogP contribution in [-0.2, 0) is 11.3 Å². The molecular formula is C21H26IN3OS. The van der Waals surface area contributed by atoms with Gasteiger partial charge in [-0.05, 0) is 49.1 Å². The number of ether oxygens (including phenoxy) is 1. The number of hydrogen-bond donors (Lipinski definition) is 2. The van der Waals surface area contributed by atoms with E-state index in [0.717, 1.165) is 18.9 Å². The van der Waals surface area contributed by atoms with Crippen LogP contribution in [0, 0.1) is 0 Å². The van der Waals surface area contributed by atoms with Crippen molar-refractivity contribution >= 4 is 41.7 Å². The van der Waals surface area contributed by atoms with Crippen molar-refractivity contribution in [2.24, 2.45) is 4.99 Å². The summed E-state index contributed by atoms with van der Waals surface area (Å²) in [5.41, 5.74) is 1.24. The highest BCUT2D eigenvalue weighted by molar-refractivity contribution is 14.0. The molecule has 2 bridgehead atoms. The zero-order valence-corrected chi connectivity index (χ0v) is 18.6. The minimum atomic E-state index is 0. The van der Waals surface area contributed by atoms with Crippen molar-refractivity contribution in [3.63, 3.8) is 0 Å². The van der Waals surface area contributed by atoms with Gasteiger partial charge in [0.25, 0.3) is 0 Å². The molecule has 4 nitrogen and oxygen atoms in total. The fraction of sp³-hybridized carbons (Fsp3) is 0.381. The normalized spacial score (nSPS) is 23.7. The third-order valence-electron chi connectivity index (χ3n) is 5.01. The molecule has 2 aromatic carbocycles. The molecule has 0 saturated carbocycles. The molecule has 0 aliphatic carbocycles. The summed E-state index contributed by atoms with van der Waals surface area (Å²) in [6.45, 7) is 0.762. The molecule has 144 valence electrons. The van der Waals surface area contributed by atoms with Crippen LogP contribution in [0.5, 0.6) is 0 Å². The molecule has 2 N–H and O–H groups in total. The van der Waals surface area contributed by atoms with E-state index in [0.29, 0.717) is 18.2 Å². The maximum atomic E-state index is 5.91. The lowest BCUT2D eigenvalue weighted by Crippen LogP contribution is -2.47. The number of nitrogens with one attached hydrogen (secondary N) is 2. The van der Waals surface area contributed by atoms with Crippen molar-refractivity contribution < 1.29 is 4.74 Å². The van der Waals surface area contributed by atoms with E-state index in [2.05, 4.69) is 64.2 Å². The van der Waals surface area contributed by atoms with Gasteiger partial charge in [0, 0.05) is 23.4 Å². The Bertz CT molecular complexity index is 754. The van der Waals surface area contributed by atoms with Crippen LogP contribution in [0.25, 0.3) is 0 Å². The minimum absolute atomic E-state index is 0. The number of rotatable bonds is 5. The van der Waals surface area contributed by atoms with Crippen LogP contribution in [0.4, 0.5) is 0 Å². The first-order valence-corrected chi connectivity index (χ1v) is 10.1. The second-order valence-electron chi connectivity index (χ2n) is 6.85. The first-order chi connectivity index (χ1) is 12.8. The van der Waals surface area contributed by atoms with Crippen molar-refractivity contribution in [1.82, 2.24) is 10.6 Å². The molecule has 2 aliphatic rings. The standard InChI is InChI=1S/C21H25N3OS.HI/c1-22-21(24-19-13-16-9-12-20(19)25-16)23-14-15-7-10-18(11-8-15)26-17-5-3-2-4-6-17;/h2-8,10-11,16,19-20H,9,12-14H2,1H3,(H2,22,23,24);1H. The summed E-state index contributed by atoms with van der Waals surface area (Å²) in [4.78, 5) is 6.87. The lowest BCUT2D eigenvalue weighted by Gasteiger charge is -2.22. The summed E-state index contributed by atoms with van der Waals surface area (Å²) >= 11 is 1.78. The van der Waals surface area contributed by atoms with Gasteiger partial charge in [0.15, 0.2) is 5.96 Å². The molecule has 2 saturated heterocycles. The third-order valence-corrected chi connectivity index (χ3v) is 6.03. The molecule has 2 fully saturated rings. The Morgan fingerprint density at radius 2 is 1.81 bits per heavy atom. The number of nitrogens with zero attached hydrogens (tertiary/aromatic N) is 1. The Morgan fingerprint density at radius 3 is 2.44 bits per heavy atom. The van der Waals surface area contributed by atoms with E-state index in [1.165, 1.54) is 28.2 Å². The van der Waals surface area contributed by atoms with E-state index in [4.69, 9.17) is 4.74 Å². The SMILES string of the molecule is CN=C(NCc1ccc(Sc2ccccc2)cc1)NC1CC2CCC1O2.I. The Morgan fingerprint density at radius 1 is 1.07 bits per heavy atom. The smallest absolute Gasteiger partial charge is 0.191 e. The molecule has 0 spiro atoms. The quantitative estimate of drug-likeness (QED) is 0.366. The van der Waals surface area contributed by atoms with Crippen LogP contribution in [0.3, 0.4) is 0 Å². The summed E-state index contributed by atoms with van der Waals surface area (Å²) in [6.07, 6.45) is 4.27. The molecule has 6 heteroatoms. The average Bonchev–Trinajstić information content (AvgIpc) is 3.30. The molecule has 2 heterocycles. The van der Waals surface area contributed by atoms with Gasteiger partial charge in [-0.25, -0.2) is 0 Å². The van der Waals surface area contributed by atoms with Gasteiger partial charge >= 0.3 is 0 Å². The van der Waals surface area contributed by atoms with Crippen LogP contribution in [0.1, 0.15) is 24.8 Å². The predicted octanol–water partition coefficient (Wildman–Crippen LogP) is 4.44. The Hall–Kier alpha value is -1.25. The predicted molar refractivity (Wildman–Crippen MR) is 122 cm³/mol. The maximum absolute atomic E-state index is 5.91. The largest absolute Gasteiger partial charge is 0.373 e. The number of aliphatic imine (C=N–C) groups is 1. The molecule has 27 heavy (non-hydrogen) atoms.